The lowest BCUT2D eigenvalue weighted by Crippen LogP contribution is -2.49. The van der Waals surface area contributed by atoms with Crippen molar-refractivity contribution in [2.75, 3.05) is 13.1 Å². The second-order valence-electron chi connectivity index (χ2n) is 5.26. The van der Waals surface area contributed by atoms with Gasteiger partial charge < -0.3 is 0 Å². The molecule has 1 saturated heterocycles. The van der Waals surface area contributed by atoms with Gasteiger partial charge in [0.1, 0.15) is 0 Å². The molecule has 0 aliphatic carbocycles. The molecule has 1 heterocycles. The number of alkyl halides is 1. The summed E-state index contributed by atoms with van der Waals surface area (Å²) in [5.41, 5.74) is 0. The van der Waals surface area contributed by atoms with Crippen LogP contribution in [0.5, 0.6) is 0 Å². The minimum Gasteiger partial charge on any atom is -0.212 e. The largest absolute Gasteiger partial charge is 0.219 e. The summed E-state index contributed by atoms with van der Waals surface area (Å²) in [5.74, 6) is 0.234. The van der Waals surface area contributed by atoms with E-state index in [-0.39, 0.29) is 11.3 Å². The quantitative estimate of drug-likeness (QED) is 0.671. The van der Waals surface area contributed by atoms with E-state index in [2.05, 4.69) is 0 Å². The first-order valence-electron chi connectivity index (χ1n) is 5.30. The zero-order chi connectivity index (χ0) is 11.9. The molecule has 15 heavy (non-hydrogen) atoms. The first kappa shape index (κ1) is 13.3. The van der Waals surface area contributed by atoms with Gasteiger partial charge in [0.2, 0.25) is 10.0 Å². The molecule has 90 valence electrons. The van der Waals surface area contributed by atoms with E-state index in [4.69, 9.17) is 11.6 Å². The van der Waals surface area contributed by atoms with Crippen molar-refractivity contribution in [2.45, 2.75) is 44.2 Å². The normalized spacial score (nSPS) is 30.5. The summed E-state index contributed by atoms with van der Waals surface area (Å²) in [7, 11) is -3.18. The third-order valence-corrected chi connectivity index (χ3v) is 6.08. The van der Waals surface area contributed by atoms with Crippen molar-refractivity contribution in [3.8, 4) is 0 Å². The smallest absolute Gasteiger partial charge is 0.212 e. The molecule has 1 aliphatic rings. The summed E-state index contributed by atoms with van der Waals surface area (Å²) in [5, 5.41) is 0.108. The fraction of sp³-hybridized carbons (Fsp3) is 1.00. The number of rotatable bonds is 1. The highest BCUT2D eigenvalue weighted by atomic mass is 35.5. The Morgan fingerprint density at radius 1 is 1.33 bits per heavy atom. The number of halogens is 1. The molecule has 3 nitrogen and oxygen atoms in total. The van der Waals surface area contributed by atoms with Crippen LogP contribution in [0.3, 0.4) is 0 Å². The lowest BCUT2D eigenvalue weighted by Gasteiger charge is -2.37. The predicted octanol–water partition coefficient (Wildman–Crippen LogP) is 2.06. The highest BCUT2D eigenvalue weighted by molar-refractivity contribution is 7.90. The van der Waals surface area contributed by atoms with Gasteiger partial charge in [-0.25, -0.2) is 12.7 Å². The third kappa shape index (κ3) is 2.66. The van der Waals surface area contributed by atoms with Crippen molar-refractivity contribution in [3.05, 3.63) is 0 Å². The van der Waals surface area contributed by atoms with Gasteiger partial charge in [0.15, 0.2) is 0 Å². The maximum atomic E-state index is 12.1. The zero-order valence-corrected chi connectivity index (χ0v) is 11.4. The average Bonchev–Trinajstić information content (AvgIpc) is 2.07. The Kier molecular flexibility index (Phi) is 3.74. The molecule has 0 radical (unpaired) electrons. The molecular weight excluding hydrogens is 234 g/mol. The van der Waals surface area contributed by atoms with E-state index in [0.717, 1.165) is 6.42 Å². The summed E-state index contributed by atoms with van der Waals surface area (Å²) < 4.78 is 25.1. The minimum absolute atomic E-state index is 0.108. The van der Waals surface area contributed by atoms with Crippen molar-refractivity contribution in [1.29, 1.82) is 0 Å². The molecule has 0 spiro atoms. The molecule has 0 saturated carbocycles. The zero-order valence-electron chi connectivity index (χ0n) is 9.83. The van der Waals surface area contributed by atoms with Crippen LogP contribution >= 0.6 is 11.6 Å². The molecule has 0 amide bonds. The van der Waals surface area contributed by atoms with Crippen LogP contribution in [-0.4, -0.2) is 35.9 Å². The van der Waals surface area contributed by atoms with Crippen LogP contribution in [0, 0.1) is 5.92 Å². The molecule has 2 atom stereocenters. The predicted molar refractivity (Wildman–Crippen MR) is 63.7 cm³/mol. The number of hydrogen-bond donors (Lipinski definition) is 0. The second-order valence-corrected chi connectivity index (χ2v) is 8.51. The molecule has 0 N–H and O–H groups in total. The number of nitrogens with zero attached hydrogens (tertiary/aromatic N) is 1. The Morgan fingerprint density at radius 2 is 1.87 bits per heavy atom. The summed E-state index contributed by atoms with van der Waals surface area (Å²) in [6, 6.07) is 0. The van der Waals surface area contributed by atoms with Gasteiger partial charge in [-0.3, -0.25) is 0 Å². The maximum absolute atomic E-state index is 12.1. The lowest BCUT2D eigenvalue weighted by atomic mass is 10.0. The molecule has 0 aromatic carbocycles. The van der Waals surface area contributed by atoms with Crippen molar-refractivity contribution in [1.82, 2.24) is 4.31 Å². The van der Waals surface area contributed by atoms with Gasteiger partial charge in [0, 0.05) is 18.5 Å². The molecular formula is C10H20ClNO2S. The number of hydrogen-bond acceptors (Lipinski definition) is 2. The van der Waals surface area contributed by atoms with Gasteiger partial charge >= 0.3 is 0 Å². The number of piperidine rings is 1. The van der Waals surface area contributed by atoms with Gasteiger partial charge in [-0.15, -0.1) is 11.6 Å². The lowest BCUT2D eigenvalue weighted by molar-refractivity contribution is 0.280. The van der Waals surface area contributed by atoms with E-state index in [1.165, 1.54) is 0 Å². The van der Waals surface area contributed by atoms with E-state index in [9.17, 15) is 8.42 Å². The van der Waals surface area contributed by atoms with Crippen LogP contribution in [0.1, 0.15) is 34.1 Å². The van der Waals surface area contributed by atoms with Crippen molar-refractivity contribution in [3.63, 3.8) is 0 Å². The Hall–Kier alpha value is 0.200. The van der Waals surface area contributed by atoms with Crippen LogP contribution in [0.4, 0.5) is 0 Å². The Bertz CT molecular complexity index is 321. The van der Waals surface area contributed by atoms with Crippen LogP contribution in [0.15, 0.2) is 0 Å². The highest BCUT2D eigenvalue weighted by Gasteiger charge is 2.38. The molecule has 0 bridgehead atoms. The molecule has 1 fully saturated rings. The van der Waals surface area contributed by atoms with Gasteiger partial charge in [0.05, 0.1) is 4.75 Å². The van der Waals surface area contributed by atoms with Crippen LogP contribution in [0.2, 0.25) is 0 Å². The van der Waals surface area contributed by atoms with Crippen LogP contribution < -0.4 is 0 Å². The average molecular weight is 254 g/mol. The Balaban J connectivity index is 2.83. The summed E-state index contributed by atoms with van der Waals surface area (Å²) in [6.07, 6.45) is 0.748. The molecule has 0 aromatic heterocycles. The van der Waals surface area contributed by atoms with Gasteiger partial charge in [-0.05, 0) is 33.1 Å². The molecule has 1 aliphatic heterocycles. The highest BCUT2D eigenvalue weighted by Crippen LogP contribution is 2.28. The van der Waals surface area contributed by atoms with Crippen molar-refractivity contribution < 1.29 is 8.42 Å². The first-order chi connectivity index (χ1) is 6.66. The van der Waals surface area contributed by atoms with E-state index >= 15 is 0 Å². The monoisotopic (exact) mass is 253 g/mol. The fourth-order valence-electron chi connectivity index (χ4n) is 1.68. The van der Waals surface area contributed by atoms with Crippen molar-refractivity contribution in [2.24, 2.45) is 5.92 Å². The molecule has 0 aromatic rings. The summed E-state index contributed by atoms with van der Waals surface area (Å²) in [6.45, 7) is 8.31. The fourth-order valence-corrected chi connectivity index (χ4v) is 3.41. The van der Waals surface area contributed by atoms with Gasteiger partial charge in [0.25, 0.3) is 0 Å². The van der Waals surface area contributed by atoms with E-state index in [1.54, 1.807) is 25.1 Å². The third-order valence-electron chi connectivity index (χ3n) is 2.88. The Labute approximate surface area is 97.8 Å². The second kappa shape index (κ2) is 4.22. The summed E-state index contributed by atoms with van der Waals surface area (Å²) >= 11 is 6.08. The van der Waals surface area contributed by atoms with Crippen LogP contribution in [-0.2, 0) is 10.0 Å². The maximum Gasteiger partial charge on any atom is 0.219 e. The first-order valence-corrected chi connectivity index (χ1v) is 7.17. The van der Waals surface area contributed by atoms with E-state index in [1.807, 2.05) is 6.92 Å². The minimum atomic E-state index is -3.18. The topological polar surface area (TPSA) is 37.4 Å². The van der Waals surface area contributed by atoms with Gasteiger partial charge in [-0.1, -0.05) is 6.92 Å². The van der Waals surface area contributed by atoms with Crippen LogP contribution in [0.25, 0.3) is 0 Å². The number of sulfonamides is 1. The molecule has 1 rings (SSSR count). The van der Waals surface area contributed by atoms with E-state index in [0.29, 0.717) is 13.1 Å². The summed E-state index contributed by atoms with van der Waals surface area (Å²) in [4.78, 5) is 0. The SMILES string of the molecule is CC1CN(S(=O)(=O)C(C)(C)C)CCC1Cl. The molecule has 2 unspecified atom stereocenters. The van der Waals surface area contributed by atoms with Crippen molar-refractivity contribution >= 4 is 21.6 Å². The standard InChI is InChI=1S/C10H20ClNO2S/c1-8-7-12(6-5-9(8)11)15(13,14)10(2,3)4/h8-9H,5-7H2,1-4H3. The molecule has 5 heteroatoms. The Morgan fingerprint density at radius 3 is 2.27 bits per heavy atom. The van der Waals surface area contributed by atoms with E-state index < -0.39 is 14.8 Å². The van der Waals surface area contributed by atoms with Gasteiger partial charge in [-0.2, -0.15) is 0 Å².